The van der Waals surface area contributed by atoms with E-state index in [4.69, 9.17) is 6.42 Å². The first-order valence-corrected chi connectivity index (χ1v) is 5.56. The zero-order valence-electron chi connectivity index (χ0n) is 9.16. The molecule has 0 fully saturated rings. The SMILES string of the molecule is C#CCC(C)NC1Cc2ccccc2C1. The summed E-state index contributed by atoms with van der Waals surface area (Å²) >= 11 is 0. The van der Waals surface area contributed by atoms with Gasteiger partial charge in [0, 0.05) is 18.5 Å². The zero-order valence-corrected chi connectivity index (χ0v) is 9.16. The van der Waals surface area contributed by atoms with E-state index in [0.29, 0.717) is 12.1 Å². The second-order valence-electron chi connectivity index (χ2n) is 4.35. The summed E-state index contributed by atoms with van der Waals surface area (Å²) in [5.74, 6) is 2.70. The van der Waals surface area contributed by atoms with E-state index in [2.05, 4.69) is 42.4 Å². The van der Waals surface area contributed by atoms with Gasteiger partial charge >= 0.3 is 0 Å². The molecule has 0 saturated carbocycles. The predicted molar refractivity (Wildman–Crippen MR) is 63.7 cm³/mol. The average Bonchev–Trinajstić information content (AvgIpc) is 2.59. The molecule has 1 N–H and O–H groups in total. The van der Waals surface area contributed by atoms with Crippen LogP contribution in [0.5, 0.6) is 0 Å². The molecule has 1 aromatic carbocycles. The van der Waals surface area contributed by atoms with Crippen LogP contribution in [0, 0.1) is 12.3 Å². The molecule has 1 aliphatic rings. The number of nitrogens with one attached hydrogen (secondary N) is 1. The van der Waals surface area contributed by atoms with Gasteiger partial charge in [0.25, 0.3) is 0 Å². The minimum atomic E-state index is 0.425. The summed E-state index contributed by atoms with van der Waals surface area (Å²) in [6.07, 6.45) is 8.40. The third kappa shape index (κ3) is 2.40. The molecule has 0 bridgehead atoms. The third-order valence-electron chi connectivity index (χ3n) is 3.00. The third-order valence-corrected chi connectivity index (χ3v) is 3.00. The van der Waals surface area contributed by atoms with Crippen LogP contribution in [0.3, 0.4) is 0 Å². The van der Waals surface area contributed by atoms with Crippen molar-refractivity contribution in [2.75, 3.05) is 0 Å². The summed E-state index contributed by atoms with van der Waals surface area (Å²) in [7, 11) is 0. The number of fused-ring (bicyclic) bond motifs is 1. The van der Waals surface area contributed by atoms with Gasteiger partial charge in [0.2, 0.25) is 0 Å². The number of hydrogen-bond donors (Lipinski definition) is 1. The van der Waals surface area contributed by atoms with E-state index in [1.54, 1.807) is 0 Å². The van der Waals surface area contributed by atoms with Crippen molar-refractivity contribution in [1.29, 1.82) is 0 Å². The first-order chi connectivity index (χ1) is 7.29. The lowest BCUT2D eigenvalue weighted by molar-refractivity contribution is 0.461. The van der Waals surface area contributed by atoms with Crippen molar-refractivity contribution in [2.24, 2.45) is 0 Å². The summed E-state index contributed by atoms with van der Waals surface area (Å²) < 4.78 is 0. The fourth-order valence-electron chi connectivity index (χ4n) is 2.31. The van der Waals surface area contributed by atoms with Crippen LogP contribution in [0.15, 0.2) is 24.3 Å². The Morgan fingerprint density at radius 2 is 2.00 bits per heavy atom. The monoisotopic (exact) mass is 199 g/mol. The maximum atomic E-state index is 5.30. The van der Waals surface area contributed by atoms with Gasteiger partial charge in [0.15, 0.2) is 0 Å². The Kier molecular flexibility index (Phi) is 3.08. The summed E-state index contributed by atoms with van der Waals surface area (Å²) in [6.45, 7) is 2.16. The molecule has 0 spiro atoms. The Hall–Kier alpha value is -1.26. The molecule has 1 nitrogen and oxygen atoms in total. The normalized spacial score (nSPS) is 17.1. The Balaban J connectivity index is 1.93. The summed E-state index contributed by atoms with van der Waals surface area (Å²) in [6, 6.07) is 9.68. The van der Waals surface area contributed by atoms with Gasteiger partial charge in [-0.3, -0.25) is 0 Å². The van der Waals surface area contributed by atoms with Crippen LogP contribution < -0.4 is 5.32 Å². The summed E-state index contributed by atoms with van der Waals surface area (Å²) in [4.78, 5) is 0. The van der Waals surface area contributed by atoms with E-state index < -0.39 is 0 Å². The van der Waals surface area contributed by atoms with Crippen LogP contribution in [-0.2, 0) is 12.8 Å². The van der Waals surface area contributed by atoms with Crippen LogP contribution in [0.4, 0.5) is 0 Å². The lowest BCUT2D eigenvalue weighted by atomic mass is 10.1. The van der Waals surface area contributed by atoms with Gasteiger partial charge in [-0.05, 0) is 30.9 Å². The van der Waals surface area contributed by atoms with Crippen molar-refractivity contribution >= 4 is 0 Å². The van der Waals surface area contributed by atoms with Gasteiger partial charge in [-0.2, -0.15) is 0 Å². The van der Waals surface area contributed by atoms with E-state index >= 15 is 0 Å². The molecule has 0 amide bonds. The molecule has 2 rings (SSSR count). The van der Waals surface area contributed by atoms with Gasteiger partial charge in [0.1, 0.15) is 0 Å². The molecule has 0 heterocycles. The highest BCUT2D eigenvalue weighted by atomic mass is 14.9. The van der Waals surface area contributed by atoms with E-state index in [-0.39, 0.29) is 0 Å². The lowest BCUT2D eigenvalue weighted by Gasteiger charge is -2.16. The molecule has 0 saturated heterocycles. The van der Waals surface area contributed by atoms with Crippen LogP contribution in [0.25, 0.3) is 0 Å². The molecule has 0 aromatic heterocycles. The van der Waals surface area contributed by atoms with E-state index in [1.165, 1.54) is 11.1 Å². The standard InChI is InChI=1S/C14H17N/c1-3-6-11(2)15-14-9-12-7-4-5-8-13(12)10-14/h1,4-5,7-8,11,14-15H,6,9-10H2,2H3. The van der Waals surface area contributed by atoms with Gasteiger partial charge < -0.3 is 5.32 Å². The average molecular weight is 199 g/mol. The highest BCUT2D eigenvalue weighted by Gasteiger charge is 2.21. The molecule has 1 aromatic rings. The van der Waals surface area contributed by atoms with Gasteiger partial charge in [-0.1, -0.05) is 24.3 Å². The van der Waals surface area contributed by atoms with Crippen molar-refractivity contribution in [3.63, 3.8) is 0 Å². The molecular formula is C14H17N. The molecule has 78 valence electrons. The smallest absolute Gasteiger partial charge is 0.0238 e. The second kappa shape index (κ2) is 4.51. The number of benzene rings is 1. The highest BCUT2D eigenvalue weighted by molar-refractivity contribution is 5.33. The molecular weight excluding hydrogens is 182 g/mol. The van der Waals surface area contributed by atoms with Crippen LogP contribution in [0.2, 0.25) is 0 Å². The summed E-state index contributed by atoms with van der Waals surface area (Å²) in [5.41, 5.74) is 2.98. The maximum Gasteiger partial charge on any atom is 0.0238 e. The molecule has 1 unspecified atom stereocenters. The molecule has 0 aliphatic heterocycles. The first-order valence-electron chi connectivity index (χ1n) is 5.56. The Morgan fingerprint density at radius 3 is 2.53 bits per heavy atom. The maximum absolute atomic E-state index is 5.30. The Labute approximate surface area is 91.9 Å². The molecule has 15 heavy (non-hydrogen) atoms. The Bertz CT molecular complexity index is 350. The molecule has 1 heteroatoms. The van der Waals surface area contributed by atoms with Gasteiger partial charge in [-0.25, -0.2) is 0 Å². The first kappa shape index (κ1) is 10.3. The number of hydrogen-bond acceptors (Lipinski definition) is 1. The van der Waals surface area contributed by atoms with Gasteiger partial charge in [-0.15, -0.1) is 12.3 Å². The van der Waals surface area contributed by atoms with Crippen molar-refractivity contribution in [1.82, 2.24) is 5.32 Å². The van der Waals surface area contributed by atoms with Crippen LogP contribution in [0.1, 0.15) is 24.5 Å². The highest BCUT2D eigenvalue weighted by Crippen LogP contribution is 2.21. The summed E-state index contributed by atoms with van der Waals surface area (Å²) in [5, 5.41) is 3.58. The van der Waals surface area contributed by atoms with E-state index in [9.17, 15) is 0 Å². The molecule has 1 aliphatic carbocycles. The van der Waals surface area contributed by atoms with Crippen molar-refractivity contribution < 1.29 is 0 Å². The fraction of sp³-hybridized carbons (Fsp3) is 0.429. The minimum Gasteiger partial charge on any atom is -0.310 e. The van der Waals surface area contributed by atoms with Crippen LogP contribution in [-0.4, -0.2) is 12.1 Å². The van der Waals surface area contributed by atoms with E-state index in [0.717, 1.165) is 19.3 Å². The van der Waals surface area contributed by atoms with Crippen molar-refractivity contribution in [2.45, 2.75) is 38.3 Å². The second-order valence-corrected chi connectivity index (χ2v) is 4.35. The zero-order chi connectivity index (χ0) is 10.7. The number of terminal acetylenes is 1. The van der Waals surface area contributed by atoms with E-state index in [1.807, 2.05) is 0 Å². The van der Waals surface area contributed by atoms with Crippen molar-refractivity contribution in [3.8, 4) is 12.3 Å². The van der Waals surface area contributed by atoms with Gasteiger partial charge in [0.05, 0.1) is 0 Å². The molecule has 1 atom stereocenters. The largest absolute Gasteiger partial charge is 0.310 e. The fourth-order valence-corrected chi connectivity index (χ4v) is 2.31. The predicted octanol–water partition coefficient (Wildman–Crippen LogP) is 2.16. The quantitative estimate of drug-likeness (QED) is 0.736. The Morgan fingerprint density at radius 1 is 1.40 bits per heavy atom. The number of rotatable bonds is 3. The minimum absolute atomic E-state index is 0.425. The molecule has 0 radical (unpaired) electrons. The van der Waals surface area contributed by atoms with Crippen LogP contribution >= 0.6 is 0 Å². The topological polar surface area (TPSA) is 12.0 Å². The van der Waals surface area contributed by atoms with Crippen molar-refractivity contribution in [3.05, 3.63) is 35.4 Å². The lowest BCUT2D eigenvalue weighted by Crippen LogP contribution is -2.36.